The lowest BCUT2D eigenvalue weighted by molar-refractivity contribution is -0.124. The van der Waals surface area contributed by atoms with Crippen LogP contribution in [-0.2, 0) is 4.79 Å². The lowest BCUT2D eigenvalue weighted by Gasteiger charge is -2.20. The molecule has 0 aromatic rings. The second-order valence-electron chi connectivity index (χ2n) is 6.55. The summed E-state index contributed by atoms with van der Waals surface area (Å²) in [6.07, 6.45) is 15.2. The summed E-state index contributed by atoms with van der Waals surface area (Å²) in [4.78, 5) is 12.6. The van der Waals surface area contributed by atoms with Gasteiger partial charge in [0.2, 0.25) is 0 Å². The van der Waals surface area contributed by atoms with Crippen LogP contribution in [0.1, 0.15) is 104 Å². The van der Waals surface area contributed by atoms with E-state index in [2.05, 4.69) is 20.8 Å². The maximum atomic E-state index is 12.6. The van der Waals surface area contributed by atoms with E-state index >= 15 is 0 Å². The van der Waals surface area contributed by atoms with Crippen molar-refractivity contribution in [3.8, 4) is 0 Å². The van der Waals surface area contributed by atoms with E-state index in [0.29, 0.717) is 5.78 Å². The van der Waals surface area contributed by atoms with Crippen LogP contribution >= 0.6 is 0 Å². The molecule has 1 unspecified atom stereocenters. The zero-order valence-corrected chi connectivity index (χ0v) is 14.8. The molecule has 0 saturated heterocycles. The van der Waals surface area contributed by atoms with Gasteiger partial charge in [0.15, 0.2) is 5.78 Å². The standard InChI is InChI=1S/C19H39NO/c1-4-7-10-12-14-17(15-13-11-8-5-2)19(21)18(20)16-9-6-3/h17-18H,4-16,20H2,1-3H3. The summed E-state index contributed by atoms with van der Waals surface area (Å²) in [6.45, 7) is 6.62. The minimum Gasteiger partial charge on any atom is -0.321 e. The zero-order chi connectivity index (χ0) is 15.9. The van der Waals surface area contributed by atoms with Crippen LogP contribution in [0.15, 0.2) is 0 Å². The quantitative estimate of drug-likeness (QED) is 0.398. The van der Waals surface area contributed by atoms with Gasteiger partial charge >= 0.3 is 0 Å². The van der Waals surface area contributed by atoms with Gasteiger partial charge in [-0.05, 0) is 19.3 Å². The number of hydrogen-bond acceptors (Lipinski definition) is 2. The zero-order valence-electron chi connectivity index (χ0n) is 14.8. The highest BCUT2D eigenvalue weighted by molar-refractivity contribution is 5.86. The van der Waals surface area contributed by atoms with E-state index in [1.54, 1.807) is 0 Å². The van der Waals surface area contributed by atoms with Gasteiger partial charge in [0.05, 0.1) is 6.04 Å². The van der Waals surface area contributed by atoms with Crippen LogP contribution in [0, 0.1) is 5.92 Å². The van der Waals surface area contributed by atoms with Crippen LogP contribution in [-0.4, -0.2) is 11.8 Å². The minimum absolute atomic E-state index is 0.215. The third kappa shape index (κ3) is 10.9. The van der Waals surface area contributed by atoms with Gasteiger partial charge in [-0.2, -0.15) is 0 Å². The van der Waals surface area contributed by atoms with Crippen molar-refractivity contribution >= 4 is 5.78 Å². The fourth-order valence-electron chi connectivity index (χ4n) is 2.93. The first-order chi connectivity index (χ1) is 10.2. The maximum absolute atomic E-state index is 12.6. The van der Waals surface area contributed by atoms with Crippen molar-refractivity contribution < 1.29 is 4.79 Å². The molecule has 0 spiro atoms. The van der Waals surface area contributed by atoms with Gasteiger partial charge in [0.1, 0.15) is 0 Å². The van der Waals surface area contributed by atoms with E-state index in [9.17, 15) is 4.79 Å². The van der Waals surface area contributed by atoms with Crippen molar-refractivity contribution in [1.82, 2.24) is 0 Å². The summed E-state index contributed by atoms with van der Waals surface area (Å²) in [7, 11) is 0. The Morgan fingerprint density at radius 1 is 0.714 bits per heavy atom. The predicted octanol–water partition coefficient (Wildman–Crippen LogP) is 5.63. The fourth-order valence-corrected chi connectivity index (χ4v) is 2.93. The molecular weight excluding hydrogens is 258 g/mol. The molecule has 0 radical (unpaired) electrons. The highest BCUT2D eigenvalue weighted by atomic mass is 16.1. The molecule has 0 aromatic heterocycles. The third-order valence-corrected chi connectivity index (χ3v) is 4.45. The molecule has 0 amide bonds. The van der Waals surface area contributed by atoms with E-state index in [-0.39, 0.29) is 12.0 Å². The van der Waals surface area contributed by atoms with Gasteiger partial charge in [-0.25, -0.2) is 0 Å². The SMILES string of the molecule is CCCCCCC(CCCCCC)C(=O)C(N)CCCC. The third-order valence-electron chi connectivity index (χ3n) is 4.45. The number of carbonyl (C=O) groups is 1. The van der Waals surface area contributed by atoms with Crippen LogP contribution in [0.5, 0.6) is 0 Å². The Morgan fingerprint density at radius 2 is 1.19 bits per heavy atom. The number of ketones is 1. The summed E-state index contributed by atoms with van der Waals surface area (Å²) in [5, 5.41) is 0. The Hall–Kier alpha value is -0.370. The van der Waals surface area contributed by atoms with Crippen molar-refractivity contribution in [2.24, 2.45) is 11.7 Å². The molecule has 126 valence electrons. The molecule has 1 atom stereocenters. The summed E-state index contributed by atoms with van der Waals surface area (Å²) in [5.41, 5.74) is 6.12. The molecular formula is C19H39NO. The van der Waals surface area contributed by atoms with Crippen molar-refractivity contribution in [1.29, 1.82) is 0 Å². The first-order valence-corrected chi connectivity index (χ1v) is 9.46. The van der Waals surface area contributed by atoms with Crippen LogP contribution in [0.4, 0.5) is 0 Å². The molecule has 0 aliphatic carbocycles. The van der Waals surface area contributed by atoms with E-state index in [1.165, 1.54) is 51.4 Å². The summed E-state index contributed by atoms with van der Waals surface area (Å²) < 4.78 is 0. The van der Waals surface area contributed by atoms with Gasteiger partial charge in [0, 0.05) is 5.92 Å². The largest absolute Gasteiger partial charge is 0.321 e. The molecule has 0 fully saturated rings. The lowest BCUT2D eigenvalue weighted by Crippen LogP contribution is -2.35. The summed E-state index contributed by atoms with van der Waals surface area (Å²) >= 11 is 0. The Morgan fingerprint density at radius 3 is 1.62 bits per heavy atom. The lowest BCUT2D eigenvalue weighted by atomic mass is 9.86. The van der Waals surface area contributed by atoms with Crippen LogP contribution < -0.4 is 5.73 Å². The van der Waals surface area contributed by atoms with Crippen LogP contribution in [0.3, 0.4) is 0 Å². The van der Waals surface area contributed by atoms with Gasteiger partial charge in [-0.1, -0.05) is 85.0 Å². The molecule has 2 heteroatoms. The van der Waals surface area contributed by atoms with E-state index in [1.807, 2.05) is 0 Å². The molecule has 2 N–H and O–H groups in total. The average Bonchev–Trinajstić information content (AvgIpc) is 2.50. The van der Waals surface area contributed by atoms with Gasteiger partial charge < -0.3 is 5.73 Å². The van der Waals surface area contributed by atoms with Gasteiger partial charge in [-0.3, -0.25) is 4.79 Å². The van der Waals surface area contributed by atoms with Gasteiger partial charge in [-0.15, -0.1) is 0 Å². The normalized spacial score (nSPS) is 12.8. The molecule has 0 aromatic carbocycles. The Labute approximate surface area is 133 Å². The van der Waals surface area contributed by atoms with Crippen molar-refractivity contribution in [3.63, 3.8) is 0 Å². The Bertz CT molecular complexity index is 228. The molecule has 2 nitrogen and oxygen atoms in total. The summed E-state index contributed by atoms with van der Waals surface area (Å²) in [6, 6.07) is -0.215. The summed E-state index contributed by atoms with van der Waals surface area (Å²) in [5.74, 6) is 0.571. The fraction of sp³-hybridized carbons (Fsp3) is 0.947. The van der Waals surface area contributed by atoms with E-state index in [4.69, 9.17) is 5.73 Å². The molecule has 21 heavy (non-hydrogen) atoms. The first-order valence-electron chi connectivity index (χ1n) is 9.46. The predicted molar refractivity (Wildman–Crippen MR) is 93.5 cm³/mol. The smallest absolute Gasteiger partial charge is 0.152 e. The van der Waals surface area contributed by atoms with E-state index in [0.717, 1.165) is 32.1 Å². The number of nitrogens with two attached hydrogens (primary N) is 1. The second kappa shape index (κ2) is 14.6. The number of hydrogen-bond donors (Lipinski definition) is 1. The monoisotopic (exact) mass is 297 g/mol. The minimum atomic E-state index is -0.215. The highest BCUT2D eigenvalue weighted by Gasteiger charge is 2.23. The molecule has 0 aliphatic heterocycles. The number of Topliss-reactive ketones (excluding diaryl/α,β-unsaturated/α-hetero) is 1. The first kappa shape index (κ1) is 20.6. The number of unbranched alkanes of at least 4 members (excludes halogenated alkanes) is 7. The van der Waals surface area contributed by atoms with Crippen molar-refractivity contribution in [2.45, 2.75) is 110 Å². The van der Waals surface area contributed by atoms with Crippen LogP contribution in [0.2, 0.25) is 0 Å². The second-order valence-corrected chi connectivity index (χ2v) is 6.55. The average molecular weight is 298 g/mol. The maximum Gasteiger partial charge on any atom is 0.152 e. The topological polar surface area (TPSA) is 43.1 Å². The van der Waals surface area contributed by atoms with Crippen LogP contribution in [0.25, 0.3) is 0 Å². The number of carbonyl (C=O) groups excluding carboxylic acids is 1. The molecule has 0 rings (SSSR count). The molecule has 0 aliphatic rings. The van der Waals surface area contributed by atoms with E-state index < -0.39 is 0 Å². The Balaban J connectivity index is 4.22. The highest BCUT2D eigenvalue weighted by Crippen LogP contribution is 2.21. The number of rotatable bonds is 15. The van der Waals surface area contributed by atoms with Gasteiger partial charge in [0.25, 0.3) is 0 Å². The molecule has 0 bridgehead atoms. The van der Waals surface area contributed by atoms with Crippen molar-refractivity contribution in [3.05, 3.63) is 0 Å². The Kier molecular flexibility index (Phi) is 14.3. The molecule has 0 saturated carbocycles. The molecule has 0 heterocycles. The van der Waals surface area contributed by atoms with Crippen molar-refractivity contribution in [2.75, 3.05) is 0 Å².